The van der Waals surface area contributed by atoms with Gasteiger partial charge >= 0.3 is 5.97 Å². The standard InChI is InChI=1S/C31H38N6O5/c1-16-26-20(29(39)42-31(16,4)5)7-8-24(36-26)35-25-11-21-22(12-33-25)27(34-13-23(21)30(2,3)32)41-18-9-17(10-18)28(38)37-14-19(15-37)40-6/h7-8,11-13,16-19H,9-10,14-15,32H2,1-6H3,(H,33,35,36)/t16-,17-,18-/m1/s1. The Morgan fingerprint density at radius 3 is 2.55 bits per heavy atom. The van der Waals surface area contributed by atoms with Crippen LogP contribution in [0.4, 0.5) is 11.6 Å². The van der Waals surface area contributed by atoms with E-state index in [9.17, 15) is 9.59 Å². The van der Waals surface area contributed by atoms with Gasteiger partial charge in [-0.25, -0.2) is 19.7 Å². The number of hydrogen-bond acceptors (Lipinski definition) is 10. The maximum Gasteiger partial charge on any atom is 0.340 e. The van der Waals surface area contributed by atoms with Crippen LogP contribution in [-0.4, -0.2) is 69.7 Å². The third-order valence-electron chi connectivity index (χ3n) is 8.85. The van der Waals surface area contributed by atoms with Crippen molar-refractivity contribution in [1.29, 1.82) is 0 Å². The van der Waals surface area contributed by atoms with Gasteiger partial charge in [0.15, 0.2) is 0 Å². The van der Waals surface area contributed by atoms with Gasteiger partial charge in [0, 0.05) is 50.0 Å². The molecule has 42 heavy (non-hydrogen) atoms. The number of carbonyl (C=O) groups is 2. The Morgan fingerprint density at radius 1 is 1.12 bits per heavy atom. The van der Waals surface area contributed by atoms with Gasteiger partial charge in [0.05, 0.1) is 22.7 Å². The maximum absolute atomic E-state index is 12.7. The van der Waals surface area contributed by atoms with Crippen LogP contribution in [0.3, 0.4) is 0 Å². The molecule has 0 unspecified atom stereocenters. The van der Waals surface area contributed by atoms with Crippen molar-refractivity contribution in [3.63, 3.8) is 0 Å². The molecule has 3 aliphatic rings. The summed E-state index contributed by atoms with van der Waals surface area (Å²) in [6.07, 6.45) is 4.83. The van der Waals surface area contributed by atoms with Crippen LogP contribution >= 0.6 is 0 Å². The van der Waals surface area contributed by atoms with Gasteiger partial charge < -0.3 is 30.2 Å². The van der Waals surface area contributed by atoms with Crippen molar-refractivity contribution in [2.75, 3.05) is 25.5 Å². The number of likely N-dealkylation sites (tertiary alicyclic amines) is 1. The summed E-state index contributed by atoms with van der Waals surface area (Å²) in [4.78, 5) is 41.1. The molecule has 1 aliphatic carbocycles. The number of nitrogens with two attached hydrogens (primary N) is 1. The number of carbonyl (C=O) groups excluding carboxylic acids is 2. The minimum atomic E-state index is -0.668. The van der Waals surface area contributed by atoms with E-state index in [1.165, 1.54) is 0 Å². The number of nitrogens with zero attached hydrogens (tertiary/aromatic N) is 4. The number of methoxy groups -OCH3 is 1. The van der Waals surface area contributed by atoms with Gasteiger partial charge in [-0.1, -0.05) is 6.92 Å². The highest BCUT2D eigenvalue weighted by molar-refractivity contribution is 5.93. The molecular weight excluding hydrogens is 536 g/mol. The van der Waals surface area contributed by atoms with Crippen LogP contribution < -0.4 is 15.8 Å². The number of rotatable bonds is 7. The highest BCUT2D eigenvalue weighted by Crippen LogP contribution is 2.39. The van der Waals surface area contributed by atoms with E-state index in [0.717, 1.165) is 16.3 Å². The molecule has 2 fully saturated rings. The summed E-state index contributed by atoms with van der Waals surface area (Å²) in [7, 11) is 1.67. The van der Waals surface area contributed by atoms with Crippen LogP contribution in [0.5, 0.6) is 5.88 Å². The molecular formula is C31H38N6O5. The minimum absolute atomic E-state index is 0.0329. The number of anilines is 2. The van der Waals surface area contributed by atoms with E-state index in [2.05, 4.69) is 15.3 Å². The van der Waals surface area contributed by atoms with E-state index in [-0.39, 0.29) is 35.9 Å². The molecule has 2 aliphatic heterocycles. The lowest BCUT2D eigenvalue weighted by molar-refractivity contribution is -0.153. The summed E-state index contributed by atoms with van der Waals surface area (Å²) in [6.45, 7) is 11.0. The molecule has 1 saturated heterocycles. The third kappa shape index (κ3) is 5.05. The number of ether oxygens (including phenoxy) is 3. The zero-order valence-corrected chi connectivity index (χ0v) is 24.9. The average molecular weight is 575 g/mol. The zero-order valence-electron chi connectivity index (χ0n) is 24.9. The second kappa shape index (κ2) is 10.2. The van der Waals surface area contributed by atoms with Crippen molar-refractivity contribution in [3.8, 4) is 5.88 Å². The summed E-state index contributed by atoms with van der Waals surface area (Å²) in [5.41, 5.74) is 7.22. The SMILES string of the molecule is COC1CN(C(=O)[C@H]2C[C@H](Oc3ncc(C(C)(C)N)c4cc(Nc5ccc6c(n5)[C@@H](C)C(C)(C)OC6=O)ncc34)C2)C1. The lowest BCUT2D eigenvalue weighted by Gasteiger charge is -2.43. The number of hydrogen-bond donors (Lipinski definition) is 2. The number of esters is 1. The number of aromatic nitrogens is 3. The molecule has 3 aromatic rings. The van der Waals surface area contributed by atoms with Crippen molar-refractivity contribution < 1.29 is 23.8 Å². The van der Waals surface area contributed by atoms with Crippen molar-refractivity contribution >= 4 is 34.3 Å². The maximum atomic E-state index is 12.7. The van der Waals surface area contributed by atoms with Crippen LogP contribution in [0.25, 0.3) is 10.8 Å². The molecule has 0 radical (unpaired) electrons. The van der Waals surface area contributed by atoms with E-state index in [0.29, 0.717) is 54.7 Å². The smallest absolute Gasteiger partial charge is 0.340 e. The molecule has 3 N–H and O–H groups in total. The van der Waals surface area contributed by atoms with Gasteiger partial charge in [-0.15, -0.1) is 0 Å². The van der Waals surface area contributed by atoms with Crippen molar-refractivity contribution in [2.45, 2.75) is 76.7 Å². The largest absolute Gasteiger partial charge is 0.474 e. The zero-order chi connectivity index (χ0) is 30.0. The van der Waals surface area contributed by atoms with Gasteiger partial charge in [-0.3, -0.25) is 4.79 Å². The molecule has 1 saturated carbocycles. The van der Waals surface area contributed by atoms with Gasteiger partial charge in [-0.2, -0.15) is 0 Å². The Labute approximate surface area is 245 Å². The second-order valence-corrected chi connectivity index (χ2v) is 12.8. The first kappa shape index (κ1) is 28.3. The summed E-state index contributed by atoms with van der Waals surface area (Å²) >= 11 is 0. The molecule has 6 rings (SSSR count). The van der Waals surface area contributed by atoms with Crippen molar-refractivity contribution in [3.05, 3.63) is 47.4 Å². The molecule has 3 aromatic heterocycles. The Balaban J connectivity index is 1.23. The predicted octanol–water partition coefficient (Wildman–Crippen LogP) is 4.03. The monoisotopic (exact) mass is 574 g/mol. The van der Waals surface area contributed by atoms with Crippen LogP contribution in [0.2, 0.25) is 0 Å². The first-order valence-corrected chi connectivity index (χ1v) is 14.4. The predicted molar refractivity (Wildman–Crippen MR) is 157 cm³/mol. The second-order valence-electron chi connectivity index (χ2n) is 12.8. The molecule has 1 amide bonds. The molecule has 0 bridgehead atoms. The number of pyridine rings is 3. The van der Waals surface area contributed by atoms with Crippen LogP contribution in [0.1, 0.15) is 75.0 Å². The van der Waals surface area contributed by atoms with E-state index in [1.54, 1.807) is 31.6 Å². The van der Waals surface area contributed by atoms with E-state index in [4.69, 9.17) is 24.9 Å². The average Bonchev–Trinajstić information content (AvgIpc) is 2.87. The Bertz CT molecular complexity index is 1560. The molecule has 11 heteroatoms. The molecule has 5 heterocycles. The Hall–Kier alpha value is -3.83. The van der Waals surface area contributed by atoms with Crippen molar-refractivity contribution in [2.24, 2.45) is 11.7 Å². The Kier molecular flexibility index (Phi) is 6.85. The normalized spacial score (nSPS) is 23.5. The minimum Gasteiger partial charge on any atom is -0.474 e. The first-order chi connectivity index (χ1) is 19.8. The topological polar surface area (TPSA) is 142 Å². The highest BCUT2D eigenvalue weighted by Gasteiger charge is 2.42. The quantitative estimate of drug-likeness (QED) is 0.397. The Morgan fingerprint density at radius 2 is 1.86 bits per heavy atom. The molecule has 1 atom stereocenters. The third-order valence-corrected chi connectivity index (χ3v) is 8.85. The fourth-order valence-corrected chi connectivity index (χ4v) is 5.72. The van der Waals surface area contributed by atoms with Crippen LogP contribution in [-0.2, 0) is 19.8 Å². The highest BCUT2D eigenvalue weighted by atomic mass is 16.6. The number of cyclic esters (lactones) is 1. The number of fused-ring (bicyclic) bond motifs is 2. The fraction of sp³-hybridized carbons (Fsp3) is 0.516. The van der Waals surface area contributed by atoms with Crippen molar-refractivity contribution in [1.82, 2.24) is 19.9 Å². The molecule has 0 aromatic carbocycles. The lowest BCUT2D eigenvalue weighted by Crippen LogP contribution is -2.58. The van der Waals surface area contributed by atoms with Crippen LogP contribution in [0, 0.1) is 5.92 Å². The number of nitrogens with one attached hydrogen (secondary N) is 1. The van der Waals surface area contributed by atoms with Crippen LogP contribution in [0.15, 0.2) is 30.6 Å². The van der Waals surface area contributed by atoms with E-state index in [1.807, 2.05) is 45.6 Å². The molecule has 11 nitrogen and oxygen atoms in total. The van der Waals surface area contributed by atoms with E-state index < -0.39 is 11.1 Å². The lowest BCUT2D eigenvalue weighted by atomic mass is 9.80. The van der Waals surface area contributed by atoms with Gasteiger partial charge in [0.2, 0.25) is 11.8 Å². The summed E-state index contributed by atoms with van der Waals surface area (Å²) in [5, 5.41) is 4.89. The summed E-state index contributed by atoms with van der Waals surface area (Å²) in [5.74, 6) is 1.30. The van der Waals surface area contributed by atoms with E-state index >= 15 is 0 Å². The van der Waals surface area contributed by atoms with Gasteiger partial charge in [0.1, 0.15) is 23.3 Å². The molecule has 0 spiro atoms. The number of amides is 1. The summed E-state index contributed by atoms with van der Waals surface area (Å²) < 4.78 is 17.2. The summed E-state index contributed by atoms with van der Waals surface area (Å²) in [6, 6.07) is 5.40. The first-order valence-electron chi connectivity index (χ1n) is 14.4. The fourth-order valence-electron chi connectivity index (χ4n) is 5.72. The van der Waals surface area contributed by atoms with Gasteiger partial charge in [0.25, 0.3) is 0 Å². The van der Waals surface area contributed by atoms with Gasteiger partial charge in [-0.05, 0) is 69.7 Å². The molecule has 222 valence electrons.